The quantitative estimate of drug-likeness (QED) is 0.610. The summed E-state index contributed by atoms with van der Waals surface area (Å²) >= 11 is 0. The SMILES string of the molecule is CC1CN(c2ccc(CNC(=O)C(Cc3ccccc3)n3cnnn3)cc2F)CC(C)O1. The monoisotopic (exact) mass is 438 g/mol. The molecule has 1 saturated heterocycles. The Hall–Kier alpha value is -3.33. The largest absolute Gasteiger partial charge is 0.372 e. The number of ether oxygens (including phenoxy) is 1. The standard InChI is InChI=1S/C23H27FN6O2/c1-16-13-29(14-17(2)32-16)21-9-8-19(10-20(21)24)12-25-23(31)22(30-15-26-27-28-30)11-18-6-4-3-5-7-18/h3-10,15-17,22H,11-14H2,1-2H3,(H,25,31). The molecule has 1 aromatic heterocycles. The van der Waals surface area contributed by atoms with Crippen LogP contribution in [0, 0.1) is 5.82 Å². The first kappa shape index (κ1) is 21.9. The average Bonchev–Trinajstić information content (AvgIpc) is 3.30. The first-order chi connectivity index (χ1) is 15.5. The van der Waals surface area contributed by atoms with E-state index in [9.17, 15) is 9.18 Å². The van der Waals surface area contributed by atoms with Crippen molar-refractivity contribution in [2.75, 3.05) is 18.0 Å². The van der Waals surface area contributed by atoms with Crippen LogP contribution in [0.4, 0.5) is 10.1 Å². The van der Waals surface area contributed by atoms with Gasteiger partial charge in [0.25, 0.3) is 0 Å². The van der Waals surface area contributed by atoms with Gasteiger partial charge in [0.1, 0.15) is 18.2 Å². The van der Waals surface area contributed by atoms with Gasteiger partial charge in [-0.2, -0.15) is 0 Å². The summed E-state index contributed by atoms with van der Waals surface area (Å²) in [5.41, 5.74) is 2.23. The number of morpholine rings is 1. The van der Waals surface area contributed by atoms with Crippen molar-refractivity contribution in [1.82, 2.24) is 25.5 Å². The molecule has 8 nitrogen and oxygen atoms in total. The number of nitrogens with zero attached hydrogens (tertiary/aromatic N) is 5. The zero-order chi connectivity index (χ0) is 22.5. The highest BCUT2D eigenvalue weighted by Crippen LogP contribution is 2.24. The number of carbonyl (C=O) groups excluding carboxylic acids is 1. The summed E-state index contributed by atoms with van der Waals surface area (Å²) in [6.45, 7) is 5.47. The van der Waals surface area contributed by atoms with Crippen molar-refractivity contribution in [3.63, 3.8) is 0 Å². The summed E-state index contributed by atoms with van der Waals surface area (Å²) in [7, 11) is 0. The number of tetrazole rings is 1. The number of nitrogens with one attached hydrogen (secondary N) is 1. The van der Waals surface area contributed by atoms with Gasteiger partial charge in [-0.15, -0.1) is 5.10 Å². The Morgan fingerprint density at radius 3 is 2.56 bits per heavy atom. The Balaban J connectivity index is 1.42. The third kappa shape index (κ3) is 5.28. The molecule has 4 rings (SSSR count). The van der Waals surface area contributed by atoms with Gasteiger partial charge in [-0.05, 0) is 47.5 Å². The Bertz CT molecular complexity index is 1020. The van der Waals surface area contributed by atoms with E-state index in [0.29, 0.717) is 30.8 Å². The molecule has 3 unspecified atom stereocenters. The lowest BCUT2D eigenvalue weighted by atomic mass is 10.1. The summed E-state index contributed by atoms with van der Waals surface area (Å²) in [4.78, 5) is 15.0. The third-order valence-corrected chi connectivity index (χ3v) is 5.50. The van der Waals surface area contributed by atoms with Crippen molar-refractivity contribution in [2.45, 2.75) is 45.1 Å². The van der Waals surface area contributed by atoms with Crippen LogP contribution in [0.5, 0.6) is 0 Å². The Kier molecular flexibility index (Phi) is 6.75. The van der Waals surface area contributed by atoms with Crippen LogP contribution < -0.4 is 10.2 Å². The number of hydrogen-bond acceptors (Lipinski definition) is 6. The maximum atomic E-state index is 14.9. The van der Waals surface area contributed by atoms with Crippen molar-refractivity contribution < 1.29 is 13.9 Å². The summed E-state index contributed by atoms with van der Waals surface area (Å²) in [6, 6.07) is 14.1. The fourth-order valence-electron chi connectivity index (χ4n) is 4.05. The van der Waals surface area contributed by atoms with Gasteiger partial charge >= 0.3 is 0 Å². The van der Waals surface area contributed by atoms with Gasteiger partial charge in [0.05, 0.1) is 17.9 Å². The van der Waals surface area contributed by atoms with Crippen LogP contribution in [-0.2, 0) is 22.5 Å². The van der Waals surface area contributed by atoms with E-state index in [1.807, 2.05) is 55.1 Å². The molecule has 9 heteroatoms. The predicted molar refractivity (Wildman–Crippen MR) is 117 cm³/mol. The molecule has 0 bridgehead atoms. The number of anilines is 1. The molecule has 1 aliphatic rings. The molecule has 2 heterocycles. The van der Waals surface area contributed by atoms with E-state index in [-0.39, 0.29) is 30.5 Å². The highest BCUT2D eigenvalue weighted by Gasteiger charge is 2.25. The average molecular weight is 439 g/mol. The van der Waals surface area contributed by atoms with Gasteiger partial charge in [0, 0.05) is 26.1 Å². The fourth-order valence-corrected chi connectivity index (χ4v) is 4.05. The number of rotatable bonds is 7. The minimum atomic E-state index is -0.604. The minimum Gasteiger partial charge on any atom is -0.372 e. The van der Waals surface area contributed by atoms with Gasteiger partial charge in [0.2, 0.25) is 5.91 Å². The second kappa shape index (κ2) is 9.86. The molecule has 1 amide bonds. The molecule has 1 fully saturated rings. The molecule has 32 heavy (non-hydrogen) atoms. The maximum absolute atomic E-state index is 14.9. The summed E-state index contributed by atoms with van der Waals surface area (Å²) in [6.07, 6.45) is 1.96. The van der Waals surface area contributed by atoms with Gasteiger partial charge in [-0.1, -0.05) is 36.4 Å². The molecule has 1 N–H and O–H groups in total. The van der Waals surface area contributed by atoms with E-state index in [2.05, 4.69) is 20.8 Å². The van der Waals surface area contributed by atoms with Gasteiger partial charge in [-0.25, -0.2) is 9.07 Å². The lowest BCUT2D eigenvalue weighted by Gasteiger charge is -2.37. The van der Waals surface area contributed by atoms with E-state index in [0.717, 1.165) is 5.56 Å². The van der Waals surface area contributed by atoms with Crippen LogP contribution in [0.1, 0.15) is 31.0 Å². The van der Waals surface area contributed by atoms with Crippen molar-refractivity contribution in [2.24, 2.45) is 0 Å². The smallest absolute Gasteiger partial charge is 0.245 e. The van der Waals surface area contributed by atoms with Crippen LogP contribution in [0.15, 0.2) is 54.9 Å². The van der Waals surface area contributed by atoms with Gasteiger partial charge in [-0.3, -0.25) is 4.79 Å². The molecule has 2 aromatic carbocycles. The normalized spacial score (nSPS) is 19.5. The number of halogens is 1. The maximum Gasteiger partial charge on any atom is 0.245 e. The summed E-state index contributed by atoms with van der Waals surface area (Å²) < 4.78 is 22.0. The van der Waals surface area contributed by atoms with Crippen LogP contribution in [-0.4, -0.2) is 51.4 Å². The van der Waals surface area contributed by atoms with Crippen LogP contribution in [0.25, 0.3) is 0 Å². The molecule has 1 aliphatic heterocycles. The lowest BCUT2D eigenvalue weighted by molar-refractivity contribution is -0.124. The van der Waals surface area contributed by atoms with Crippen molar-refractivity contribution in [3.8, 4) is 0 Å². The van der Waals surface area contributed by atoms with Crippen LogP contribution in [0.3, 0.4) is 0 Å². The second-order valence-corrected chi connectivity index (χ2v) is 8.16. The van der Waals surface area contributed by atoms with Gasteiger partial charge < -0.3 is 15.0 Å². The molecule has 0 aliphatic carbocycles. The van der Waals surface area contributed by atoms with Crippen molar-refractivity contribution in [3.05, 3.63) is 71.8 Å². The minimum absolute atomic E-state index is 0.0462. The molecular weight excluding hydrogens is 411 g/mol. The highest BCUT2D eigenvalue weighted by atomic mass is 19.1. The number of aromatic nitrogens is 4. The Labute approximate surface area is 186 Å². The number of hydrogen-bond donors (Lipinski definition) is 1. The van der Waals surface area contributed by atoms with E-state index in [1.54, 1.807) is 6.07 Å². The molecule has 0 saturated carbocycles. The third-order valence-electron chi connectivity index (χ3n) is 5.50. The lowest BCUT2D eigenvalue weighted by Crippen LogP contribution is -2.45. The van der Waals surface area contributed by atoms with Crippen LogP contribution >= 0.6 is 0 Å². The molecule has 0 spiro atoms. The van der Waals surface area contributed by atoms with Gasteiger partial charge in [0.15, 0.2) is 0 Å². The summed E-state index contributed by atoms with van der Waals surface area (Å²) in [5.74, 6) is -0.541. The topological polar surface area (TPSA) is 85.2 Å². The Morgan fingerprint density at radius 1 is 1.16 bits per heavy atom. The number of carbonyl (C=O) groups is 1. The molecule has 0 radical (unpaired) electrons. The first-order valence-electron chi connectivity index (χ1n) is 10.7. The van der Waals surface area contributed by atoms with E-state index in [4.69, 9.17) is 4.74 Å². The van der Waals surface area contributed by atoms with Crippen molar-refractivity contribution >= 4 is 11.6 Å². The molecule has 168 valence electrons. The zero-order valence-electron chi connectivity index (χ0n) is 18.2. The zero-order valence-corrected chi connectivity index (χ0v) is 18.2. The molecule has 3 atom stereocenters. The second-order valence-electron chi connectivity index (χ2n) is 8.16. The van der Waals surface area contributed by atoms with E-state index in [1.165, 1.54) is 17.1 Å². The first-order valence-corrected chi connectivity index (χ1v) is 10.7. The molecule has 3 aromatic rings. The number of benzene rings is 2. The van der Waals surface area contributed by atoms with Crippen molar-refractivity contribution in [1.29, 1.82) is 0 Å². The van der Waals surface area contributed by atoms with Crippen LogP contribution in [0.2, 0.25) is 0 Å². The molecular formula is C23H27FN6O2. The fraction of sp³-hybridized carbons (Fsp3) is 0.391. The Morgan fingerprint density at radius 2 is 1.91 bits per heavy atom. The highest BCUT2D eigenvalue weighted by molar-refractivity contribution is 5.80. The number of amides is 1. The van der Waals surface area contributed by atoms with E-state index >= 15 is 0 Å². The van der Waals surface area contributed by atoms with E-state index < -0.39 is 6.04 Å². The summed E-state index contributed by atoms with van der Waals surface area (Å²) in [5, 5.41) is 14.1. The predicted octanol–water partition coefficient (Wildman–Crippen LogP) is 2.53.